The number of nitrogens with one attached hydrogen (secondary N) is 1. The van der Waals surface area contributed by atoms with Gasteiger partial charge in [0.05, 0.1) is 35.7 Å². The maximum Gasteiger partial charge on any atom is 0.238 e. The number of hydrogen-bond acceptors (Lipinski definition) is 7. The Morgan fingerprint density at radius 1 is 1.05 bits per heavy atom. The third kappa shape index (κ3) is 4.39. The molecule has 0 unspecified atom stereocenters. The number of pyridine rings is 2. The molecule has 1 saturated heterocycles. The third-order valence-electron chi connectivity index (χ3n) is 8.14. The first-order chi connectivity index (χ1) is 18.2. The summed E-state index contributed by atoms with van der Waals surface area (Å²) in [6.45, 7) is 3.67. The Bertz CT molecular complexity index is 1510. The highest BCUT2D eigenvalue weighted by molar-refractivity contribution is 7.92. The molecule has 2 fully saturated rings. The molecule has 1 amide bonds. The van der Waals surface area contributed by atoms with Crippen LogP contribution in [-0.4, -0.2) is 68.7 Å². The first kappa shape index (κ1) is 25.1. The Morgan fingerprint density at radius 2 is 1.84 bits per heavy atom. The summed E-state index contributed by atoms with van der Waals surface area (Å²) in [4.78, 5) is 26.4. The van der Waals surface area contributed by atoms with Crippen molar-refractivity contribution in [1.82, 2.24) is 14.9 Å². The van der Waals surface area contributed by atoms with Crippen molar-refractivity contribution in [3.63, 3.8) is 0 Å². The van der Waals surface area contributed by atoms with Gasteiger partial charge in [-0.25, -0.2) is 13.4 Å². The van der Waals surface area contributed by atoms with Crippen LogP contribution in [0.15, 0.2) is 36.7 Å². The summed E-state index contributed by atoms with van der Waals surface area (Å²) in [6, 6.07) is 7.71. The van der Waals surface area contributed by atoms with E-state index in [0.717, 1.165) is 84.9 Å². The van der Waals surface area contributed by atoms with Crippen molar-refractivity contribution in [1.29, 1.82) is 0 Å². The van der Waals surface area contributed by atoms with Crippen LogP contribution in [0, 0.1) is 0 Å². The molecule has 2 aliphatic heterocycles. The fourth-order valence-corrected chi connectivity index (χ4v) is 6.66. The van der Waals surface area contributed by atoms with Gasteiger partial charge in [-0.1, -0.05) is 12.5 Å². The number of anilines is 2. The largest absolute Gasteiger partial charge is 0.476 e. The lowest BCUT2D eigenvalue weighted by Crippen LogP contribution is -2.43. The molecule has 1 aromatic carbocycles. The highest BCUT2D eigenvalue weighted by Crippen LogP contribution is 2.55. The van der Waals surface area contributed by atoms with Gasteiger partial charge < -0.3 is 14.5 Å². The summed E-state index contributed by atoms with van der Waals surface area (Å²) >= 11 is 0. The summed E-state index contributed by atoms with van der Waals surface area (Å²) in [5, 5.41) is 0.956. The van der Waals surface area contributed by atoms with Gasteiger partial charge in [0.25, 0.3) is 0 Å². The van der Waals surface area contributed by atoms with E-state index in [9.17, 15) is 13.2 Å². The van der Waals surface area contributed by atoms with Crippen molar-refractivity contribution in [2.45, 2.75) is 43.9 Å². The van der Waals surface area contributed by atoms with Gasteiger partial charge in [-0.15, -0.1) is 0 Å². The molecule has 3 aromatic rings. The standard InChI is InChI=1S/C28H33N5O4S/c1-32-24-18-29-22-8-7-19(15-21(22)25(24)28(27(32)34)9-5-10-28)20-16-23(31-38(2,35)36)26(30-17-20)37-14-6-13-33-11-3-4-12-33/h7-8,15-18,31H,3-6,9-14H2,1-2H3. The minimum absolute atomic E-state index is 0.144. The van der Waals surface area contributed by atoms with Crippen LogP contribution in [0.4, 0.5) is 11.4 Å². The van der Waals surface area contributed by atoms with Crippen molar-refractivity contribution in [3.05, 3.63) is 42.2 Å². The number of hydrogen-bond donors (Lipinski definition) is 1. The fourth-order valence-electron chi connectivity index (χ4n) is 6.11. The van der Waals surface area contributed by atoms with Gasteiger partial charge in [-0.2, -0.15) is 0 Å². The van der Waals surface area contributed by atoms with E-state index in [0.29, 0.717) is 12.3 Å². The zero-order chi connectivity index (χ0) is 26.5. The predicted octanol–water partition coefficient (Wildman–Crippen LogP) is 3.93. The third-order valence-corrected chi connectivity index (χ3v) is 8.74. The van der Waals surface area contributed by atoms with Crippen molar-refractivity contribution in [3.8, 4) is 17.0 Å². The van der Waals surface area contributed by atoms with E-state index in [4.69, 9.17) is 4.74 Å². The lowest BCUT2D eigenvalue weighted by molar-refractivity contribution is -0.125. The number of ether oxygens (including phenoxy) is 1. The van der Waals surface area contributed by atoms with Crippen LogP contribution >= 0.6 is 0 Å². The van der Waals surface area contributed by atoms with Gasteiger partial charge in [-0.3, -0.25) is 14.5 Å². The summed E-state index contributed by atoms with van der Waals surface area (Å²) < 4.78 is 32.8. The van der Waals surface area contributed by atoms with Crippen LogP contribution in [0.25, 0.3) is 22.0 Å². The molecule has 2 aromatic heterocycles. The smallest absolute Gasteiger partial charge is 0.238 e. The Labute approximate surface area is 223 Å². The van der Waals surface area contributed by atoms with E-state index in [-0.39, 0.29) is 11.8 Å². The minimum atomic E-state index is -3.54. The van der Waals surface area contributed by atoms with E-state index < -0.39 is 15.4 Å². The van der Waals surface area contributed by atoms with E-state index in [2.05, 4.69) is 19.6 Å². The second-order valence-electron chi connectivity index (χ2n) is 10.8. The number of aromatic nitrogens is 2. The van der Waals surface area contributed by atoms with E-state index in [1.54, 1.807) is 23.4 Å². The number of carbonyl (C=O) groups is 1. The normalized spacial score (nSPS) is 18.7. The Hall–Kier alpha value is -3.24. The van der Waals surface area contributed by atoms with Crippen molar-refractivity contribution in [2.24, 2.45) is 0 Å². The molecule has 4 heterocycles. The number of rotatable bonds is 8. The maximum atomic E-state index is 13.2. The number of benzene rings is 1. The molecule has 0 bridgehead atoms. The SMILES string of the molecule is CN1C(=O)C2(CCC2)c2c1cnc1ccc(-c3cnc(OCCCN4CCCC4)c(NS(C)(=O)=O)c3)cc21. The van der Waals surface area contributed by atoms with Crippen LogP contribution in [0.2, 0.25) is 0 Å². The molecule has 1 spiro atoms. The molecule has 0 atom stereocenters. The van der Waals surface area contributed by atoms with Gasteiger partial charge in [0.1, 0.15) is 5.69 Å². The first-order valence-electron chi connectivity index (χ1n) is 13.3. The van der Waals surface area contributed by atoms with Crippen LogP contribution < -0.4 is 14.4 Å². The molecule has 200 valence electrons. The summed E-state index contributed by atoms with van der Waals surface area (Å²) in [5.41, 5.74) is 4.24. The van der Waals surface area contributed by atoms with Gasteiger partial charge in [0.2, 0.25) is 21.8 Å². The highest BCUT2D eigenvalue weighted by atomic mass is 32.2. The van der Waals surface area contributed by atoms with Crippen LogP contribution in [-0.2, 0) is 20.2 Å². The van der Waals surface area contributed by atoms with Gasteiger partial charge >= 0.3 is 0 Å². The maximum absolute atomic E-state index is 13.2. The van der Waals surface area contributed by atoms with Crippen LogP contribution in [0.5, 0.6) is 5.88 Å². The number of sulfonamides is 1. The number of amides is 1. The quantitative estimate of drug-likeness (QED) is 0.436. The predicted molar refractivity (Wildman–Crippen MR) is 148 cm³/mol. The Kier molecular flexibility index (Phi) is 6.26. The van der Waals surface area contributed by atoms with E-state index in [1.807, 2.05) is 25.2 Å². The molecule has 0 radical (unpaired) electrons. The average Bonchev–Trinajstić information content (AvgIpc) is 3.46. The molecule has 10 heteroatoms. The van der Waals surface area contributed by atoms with Crippen molar-refractivity contribution in [2.75, 3.05) is 49.2 Å². The minimum Gasteiger partial charge on any atom is -0.476 e. The number of nitrogens with zero attached hydrogens (tertiary/aromatic N) is 4. The molecule has 38 heavy (non-hydrogen) atoms. The monoisotopic (exact) mass is 535 g/mol. The second kappa shape index (κ2) is 9.50. The van der Waals surface area contributed by atoms with Gasteiger partial charge in [0, 0.05) is 36.3 Å². The summed E-state index contributed by atoms with van der Waals surface area (Å²) in [5.74, 6) is 0.413. The molecule has 1 saturated carbocycles. The number of carbonyl (C=O) groups excluding carboxylic acids is 1. The topological polar surface area (TPSA) is 105 Å². The summed E-state index contributed by atoms with van der Waals surface area (Å²) in [6.07, 6.45) is 10.7. The number of fused-ring (bicyclic) bond motifs is 4. The Morgan fingerprint density at radius 3 is 2.55 bits per heavy atom. The molecule has 6 rings (SSSR count). The van der Waals surface area contributed by atoms with Gasteiger partial charge in [-0.05, 0) is 69.0 Å². The lowest BCUT2D eigenvalue weighted by Gasteiger charge is -2.37. The Balaban J connectivity index is 1.33. The average molecular weight is 536 g/mol. The molecule has 3 aliphatic rings. The number of likely N-dealkylation sites (tertiary alicyclic amines) is 1. The van der Waals surface area contributed by atoms with Crippen LogP contribution in [0.3, 0.4) is 0 Å². The van der Waals surface area contributed by atoms with Crippen LogP contribution in [0.1, 0.15) is 44.1 Å². The van der Waals surface area contributed by atoms with Crippen molar-refractivity contribution < 1.29 is 17.9 Å². The highest BCUT2D eigenvalue weighted by Gasteiger charge is 2.54. The van der Waals surface area contributed by atoms with E-state index >= 15 is 0 Å². The second-order valence-corrected chi connectivity index (χ2v) is 12.5. The first-order valence-corrected chi connectivity index (χ1v) is 15.2. The molecule has 1 aliphatic carbocycles. The zero-order valence-electron chi connectivity index (χ0n) is 21.9. The molecule has 1 N–H and O–H groups in total. The van der Waals surface area contributed by atoms with Gasteiger partial charge in [0.15, 0.2) is 0 Å². The number of likely N-dealkylation sites (N-methyl/N-ethyl adjacent to an activating group) is 1. The molecular weight excluding hydrogens is 502 g/mol. The zero-order valence-corrected chi connectivity index (χ0v) is 22.7. The molecule has 9 nitrogen and oxygen atoms in total. The lowest BCUT2D eigenvalue weighted by atomic mass is 9.64. The van der Waals surface area contributed by atoms with E-state index in [1.165, 1.54) is 12.8 Å². The van der Waals surface area contributed by atoms with Crippen molar-refractivity contribution >= 4 is 38.2 Å². The molecular formula is C28H33N5O4S. The summed E-state index contributed by atoms with van der Waals surface area (Å²) in [7, 11) is -1.72. The fraction of sp³-hybridized carbons (Fsp3) is 0.464.